The van der Waals surface area contributed by atoms with E-state index in [1.165, 1.54) is 0 Å². The Kier molecular flexibility index (Phi) is 6.93. The summed E-state index contributed by atoms with van der Waals surface area (Å²) in [5.74, 6) is 0.457. The molecule has 1 amide bonds. The van der Waals surface area contributed by atoms with Crippen molar-refractivity contribution in [2.75, 3.05) is 11.9 Å². The fourth-order valence-electron chi connectivity index (χ4n) is 3.15. The maximum Gasteiger partial charge on any atom is 0.435 e. The fraction of sp³-hybridized carbons (Fsp3) is 0.167. The minimum absolute atomic E-state index is 0.235. The number of para-hydroxylation sites is 1. The van der Waals surface area contributed by atoms with Crippen molar-refractivity contribution >= 4 is 28.9 Å². The number of nitrogens with zero attached hydrogens (tertiary/aromatic N) is 2. The number of alkyl halides is 4. The third-order valence-electron chi connectivity index (χ3n) is 4.75. The van der Waals surface area contributed by atoms with E-state index in [9.17, 15) is 18.0 Å². The van der Waals surface area contributed by atoms with Gasteiger partial charge >= 0.3 is 6.18 Å². The molecule has 4 rings (SSSR count). The molecule has 1 aliphatic carbocycles. The molecule has 1 heterocycles. The van der Waals surface area contributed by atoms with Crippen LogP contribution in [0.5, 0.6) is 17.4 Å². The van der Waals surface area contributed by atoms with E-state index in [0.29, 0.717) is 29.3 Å². The summed E-state index contributed by atoms with van der Waals surface area (Å²) in [6.45, 7) is -0.526. The molecular formula is C24H19ClF3N3O3. The van der Waals surface area contributed by atoms with E-state index in [2.05, 4.69) is 10.4 Å². The SMILES string of the molecule is O=C(COc1cc(C(F)(F)F)nn1C1=CC=CCC1Cl)Nc1ccc(Oc2ccccc2)cc1. The van der Waals surface area contributed by atoms with Gasteiger partial charge in [-0.25, -0.2) is 4.68 Å². The van der Waals surface area contributed by atoms with Crippen LogP contribution >= 0.6 is 11.6 Å². The molecule has 1 atom stereocenters. The number of nitrogens with one attached hydrogen (secondary N) is 1. The van der Waals surface area contributed by atoms with Crippen molar-refractivity contribution in [3.05, 3.63) is 84.6 Å². The summed E-state index contributed by atoms with van der Waals surface area (Å²) in [6, 6.07) is 16.6. The summed E-state index contributed by atoms with van der Waals surface area (Å²) in [5, 5.41) is 5.64. The number of rotatable bonds is 7. The van der Waals surface area contributed by atoms with E-state index in [0.717, 1.165) is 10.7 Å². The zero-order valence-electron chi connectivity index (χ0n) is 17.6. The van der Waals surface area contributed by atoms with Gasteiger partial charge in [0, 0.05) is 11.8 Å². The van der Waals surface area contributed by atoms with E-state index in [1.807, 2.05) is 30.3 Å². The van der Waals surface area contributed by atoms with Crippen LogP contribution in [-0.4, -0.2) is 27.7 Å². The molecular weight excluding hydrogens is 471 g/mol. The van der Waals surface area contributed by atoms with Crippen LogP contribution in [0.25, 0.3) is 5.70 Å². The average Bonchev–Trinajstić information content (AvgIpc) is 3.25. The number of carbonyl (C=O) groups excluding carboxylic acids is 1. The number of aromatic nitrogens is 2. The van der Waals surface area contributed by atoms with Crippen molar-refractivity contribution in [1.29, 1.82) is 0 Å². The largest absolute Gasteiger partial charge is 0.467 e. The first-order valence-electron chi connectivity index (χ1n) is 10.2. The highest BCUT2D eigenvalue weighted by atomic mass is 35.5. The molecule has 0 spiro atoms. The van der Waals surface area contributed by atoms with Crippen molar-refractivity contribution < 1.29 is 27.4 Å². The highest BCUT2D eigenvalue weighted by molar-refractivity contribution is 6.25. The Bertz CT molecular complexity index is 1210. The van der Waals surface area contributed by atoms with Gasteiger partial charge in [0.15, 0.2) is 12.3 Å². The van der Waals surface area contributed by atoms with Gasteiger partial charge in [-0.15, -0.1) is 11.6 Å². The van der Waals surface area contributed by atoms with Gasteiger partial charge < -0.3 is 14.8 Å². The lowest BCUT2D eigenvalue weighted by Crippen LogP contribution is -2.22. The predicted octanol–water partition coefficient (Wildman–Crippen LogP) is 6.12. The van der Waals surface area contributed by atoms with Crippen LogP contribution in [0.3, 0.4) is 0 Å². The lowest BCUT2D eigenvalue weighted by Gasteiger charge is -2.17. The molecule has 2 aromatic carbocycles. The first-order chi connectivity index (χ1) is 16.3. The Morgan fingerprint density at radius 1 is 1.12 bits per heavy atom. The van der Waals surface area contributed by atoms with Crippen molar-refractivity contribution in [2.24, 2.45) is 0 Å². The topological polar surface area (TPSA) is 65.4 Å². The van der Waals surface area contributed by atoms with Crippen molar-refractivity contribution in [1.82, 2.24) is 9.78 Å². The summed E-state index contributed by atoms with van der Waals surface area (Å²) < 4.78 is 51.7. The molecule has 1 N–H and O–H groups in total. The maximum atomic E-state index is 13.2. The molecule has 6 nitrogen and oxygen atoms in total. The molecule has 0 aliphatic heterocycles. The molecule has 1 unspecified atom stereocenters. The summed E-state index contributed by atoms with van der Waals surface area (Å²) in [4.78, 5) is 12.3. The van der Waals surface area contributed by atoms with Crippen LogP contribution in [0.1, 0.15) is 12.1 Å². The molecule has 0 fully saturated rings. The second-order valence-electron chi connectivity index (χ2n) is 7.28. The molecule has 34 heavy (non-hydrogen) atoms. The second-order valence-corrected chi connectivity index (χ2v) is 7.80. The quantitative estimate of drug-likeness (QED) is 0.406. The minimum atomic E-state index is -4.68. The zero-order chi connectivity index (χ0) is 24.1. The van der Waals surface area contributed by atoms with Crippen molar-refractivity contribution in [3.8, 4) is 17.4 Å². The van der Waals surface area contributed by atoms with E-state index >= 15 is 0 Å². The molecule has 1 aliphatic rings. The number of hydrogen-bond acceptors (Lipinski definition) is 4. The van der Waals surface area contributed by atoms with Gasteiger partial charge in [0.1, 0.15) is 11.5 Å². The average molecular weight is 490 g/mol. The molecule has 0 bridgehead atoms. The number of allylic oxidation sites excluding steroid dienone is 4. The smallest absolute Gasteiger partial charge is 0.435 e. The number of ether oxygens (including phenoxy) is 2. The van der Waals surface area contributed by atoms with Crippen LogP contribution in [0.4, 0.5) is 18.9 Å². The first kappa shape index (κ1) is 23.4. The van der Waals surface area contributed by atoms with Gasteiger partial charge in [0.05, 0.1) is 11.1 Å². The number of carbonyl (C=O) groups is 1. The van der Waals surface area contributed by atoms with Gasteiger partial charge in [0.2, 0.25) is 5.88 Å². The molecule has 1 aromatic heterocycles. The Labute approximate surface area is 198 Å². The fourth-order valence-corrected chi connectivity index (χ4v) is 3.42. The summed E-state index contributed by atoms with van der Waals surface area (Å²) in [7, 11) is 0. The van der Waals surface area contributed by atoms with Crippen LogP contribution in [0, 0.1) is 0 Å². The first-order valence-corrected chi connectivity index (χ1v) is 10.7. The van der Waals surface area contributed by atoms with Crippen molar-refractivity contribution in [3.63, 3.8) is 0 Å². The molecule has 3 aromatic rings. The Balaban J connectivity index is 1.41. The van der Waals surface area contributed by atoms with Crippen LogP contribution in [0.2, 0.25) is 0 Å². The third-order valence-corrected chi connectivity index (χ3v) is 5.15. The van der Waals surface area contributed by atoms with Crippen molar-refractivity contribution in [2.45, 2.75) is 18.0 Å². The Hall–Kier alpha value is -3.72. The van der Waals surface area contributed by atoms with E-state index in [4.69, 9.17) is 21.1 Å². The summed E-state index contributed by atoms with van der Waals surface area (Å²) in [5.41, 5.74) is -0.347. The highest BCUT2D eigenvalue weighted by Crippen LogP contribution is 2.34. The third kappa shape index (κ3) is 5.79. The number of hydrogen-bond donors (Lipinski definition) is 1. The summed E-state index contributed by atoms with van der Waals surface area (Å²) >= 11 is 6.24. The number of anilines is 1. The molecule has 0 saturated heterocycles. The van der Waals surface area contributed by atoms with Gasteiger partial charge in [-0.1, -0.05) is 30.4 Å². The number of benzene rings is 2. The lowest BCUT2D eigenvalue weighted by molar-refractivity contribution is -0.141. The second kappa shape index (κ2) is 10.0. The van der Waals surface area contributed by atoms with E-state index in [-0.39, 0.29) is 5.88 Å². The summed E-state index contributed by atoms with van der Waals surface area (Å²) in [6.07, 6.45) is 0.769. The van der Waals surface area contributed by atoms with Crippen LogP contribution in [-0.2, 0) is 11.0 Å². The maximum absolute atomic E-state index is 13.2. The van der Waals surface area contributed by atoms with Gasteiger partial charge in [-0.05, 0) is 48.9 Å². The highest BCUT2D eigenvalue weighted by Gasteiger charge is 2.36. The monoisotopic (exact) mass is 489 g/mol. The van der Waals surface area contributed by atoms with Gasteiger partial charge in [-0.2, -0.15) is 18.3 Å². The zero-order valence-corrected chi connectivity index (χ0v) is 18.4. The lowest BCUT2D eigenvalue weighted by atomic mass is 10.1. The van der Waals surface area contributed by atoms with E-state index < -0.39 is 29.8 Å². The van der Waals surface area contributed by atoms with Crippen LogP contribution < -0.4 is 14.8 Å². The Morgan fingerprint density at radius 2 is 1.82 bits per heavy atom. The predicted molar refractivity (Wildman–Crippen MR) is 122 cm³/mol. The Morgan fingerprint density at radius 3 is 2.50 bits per heavy atom. The standard InChI is InChI=1S/C24H19ClF3N3O3/c25-19-8-4-5-9-20(19)31-23(14-21(30-31)24(26,27)28)33-15-22(32)29-16-10-12-18(13-11-16)34-17-6-2-1-3-7-17/h1-7,9-14,19H,8,15H2,(H,29,32). The van der Waals surface area contributed by atoms with Crippen LogP contribution in [0.15, 0.2) is 78.9 Å². The van der Waals surface area contributed by atoms with E-state index in [1.54, 1.807) is 42.5 Å². The number of halogens is 4. The minimum Gasteiger partial charge on any atom is -0.467 e. The molecule has 0 radical (unpaired) electrons. The van der Waals surface area contributed by atoms with Gasteiger partial charge in [-0.3, -0.25) is 4.79 Å². The normalized spacial score (nSPS) is 15.5. The molecule has 176 valence electrons. The van der Waals surface area contributed by atoms with Gasteiger partial charge in [0.25, 0.3) is 5.91 Å². The number of amides is 1. The molecule has 0 saturated carbocycles. The molecule has 10 heteroatoms.